The van der Waals surface area contributed by atoms with Crippen molar-refractivity contribution in [1.29, 1.82) is 0 Å². The van der Waals surface area contributed by atoms with Crippen LogP contribution in [0.1, 0.15) is 23.1 Å². The number of rotatable bonds is 8. The van der Waals surface area contributed by atoms with Crippen LogP contribution in [0.15, 0.2) is 71.6 Å². The summed E-state index contributed by atoms with van der Waals surface area (Å²) in [5.41, 5.74) is -8.12. The lowest BCUT2D eigenvalue weighted by atomic mass is 9.90. The van der Waals surface area contributed by atoms with Crippen molar-refractivity contribution in [2.24, 2.45) is 5.92 Å². The van der Waals surface area contributed by atoms with E-state index in [1.54, 1.807) is 0 Å². The minimum Gasteiger partial charge on any atom is -0.349 e. The number of carbonyl (C=O) groups is 1. The number of ether oxygens (including phenoxy) is 1. The number of carbonyl (C=O) groups excluding carboxylic acids is 1. The fourth-order valence-corrected chi connectivity index (χ4v) is 7.23. The standard InChI is InChI=1S/C28H22F9NO4S/c1-38(2)24(39)21-14-25(21,43(40,41)19-12-10-18(29)11-13-19)16-6-8-17(9-7-16)26(27(32,33)34,28(35,36)37)42-15-20-22(30)4-3-5-23(20)31/h3-13,21H,14-15H2,1-2H3. The van der Waals surface area contributed by atoms with Crippen LogP contribution < -0.4 is 0 Å². The second-order valence-corrected chi connectivity index (χ2v) is 12.3. The summed E-state index contributed by atoms with van der Waals surface area (Å²) in [6.45, 7) is -1.76. The van der Waals surface area contributed by atoms with E-state index >= 15 is 0 Å². The molecule has 15 heteroatoms. The van der Waals surface area contributed by atoms with Crippen LogP contribution in [0.2, 0.25) is 0 Å². The van der Waals surface area contributed by atoms with Crippen molar-refractivity contribution in [2.45, 2.75) is 40.6 Å². The summed E-state index contributed by atoms with van der Waals surface area (Å²) in [5, 5.41) is 0. The quantitative estimate of drug-likeness (QED) is 0.211. The second kappa shape index (κ2) is 10.8. The van der Waals surface area contributed by atoms with Crippen molar-refractivity contribution in [3.8, 4) is 0 Å². The topological polar surface area (TPSA) is 63.7 Å². The Hall–Kier alpha value is -3.59. The van der Waals surface area contributed by atoms with Crippen molar-refractivity contribution in [3.05, 3.63) is 101 Å². The summed E-state index contributed by atoms with van der Waals surface area (Å²) in [6.07, 6.45) is -12.8. The summed E-state index contributed by atoms with van der Waals surface area (Å²) >= 11 is 0. The molecule has 0 aromatic heterocycles. The first-order valence-electron chi connectivity index (χ1n) is 12.3. The highest BCUT2D eigenvalue weighted by Gasteiger charge is 2.74. The van der Waals surface area contributed by atoms with E-state index in [1.807, 2.05) is 0 Å². The average Bonchev–Trinajstić information content (AvgIpc) is 3.66. The van der Waals surface area contributed by atoms with E-state index < -0.39 is 84.4 Å². The molecule has 1 amide bonds. The third kappa shape index (κ3) is 5.26. The minimum absolute atomic E-state index is 0.306. The predicted molar refractivity (Wildman–Crippen MR) is 133 cm³/mol. The highest BCUT2D eigenvalue weighted by molar-refractivity contribution is 7.92. The van der Waals surface area contributed by atoms with Crippen molar-refractivity contribution in [3.63, 3.8) is 0 Å². The molecule has 1 aliphatic carbocycles. The number of hydrogen-bond acceptors (Lipinski definition) is 4. The Kier molecular flexibility index (Phi) is 8.15. The maximum Gasteiger partial charge on any atom is 0.430 e. The van der Waals surface area contributed by atoms with E-state index in [1.165, 1.54) is 14.1 Å². The summed E-state index contributed by atoms with van der Waals surface area (Å²) in [5.74, 6) is -5.60. The van der Waals surface area contributed by atoms with Gasteiger partial charge in [0.1, 0.15) is 22.2 Å². The molecule has 2 atom stereocenters. The number of hydrogen-bond donors (Lipinski definition) is 0. The van der Waals surface area contributed by atoms with Gasteiger partial charge in [-0.05, 0) is 48.4 Å². The Morgan fingerprint density at radius 2 is 1.37 bits per heavy atom. The fourth-order valence-electron chi connectivity index (χ4n) is 5.01. The lowest BCUT2D eigenvalue weighted by molar-refractivity contribution is -0.392. The molecule has 0 spiro atoms. The molecule has 43 heavy (non-hydrogen) atoms. The maximum atomic E-state index is 14.3. The van der Waals surface area contributed by atoms with Crippen LogP contribution in [0.4, 0.5) is 39.5 Å². The van der Waals surface area contributed by atoms with Crippen LogP contribution in [0.5, 0.6) is 0 Å². The van der Waals surface area contributed by atoms with Gasteiger partial charge >= 0.3 is 12.4 Å². The van der Waals surface area contributed by atoms with Gasteiger partial charge in [0.15, 0.2) is 9.84 Å². The van der Waals surface area contributed by atoms with E-state index in [2.05, 4.69) is 4.74 Å². The fraction of sp³-hybridized carbons (Fsp3) is 0.321. The number of alkyl halides is 6. The zero-order valence-corrected chi connectivity index (χ0v) is 23.0. The van der Waals surface area contributed by atoms with Crippen LogP contribution in [-0.2, 0) is 36.3 Å². The molecule has 1 fully saturated rings. The van der Waals surface area contributed by atoms with E-state index in [4.69, 9.17) is 0 Å². The zero-order chi connectivity index (χ0) is 32.2. The smallest absolute Gasteiger partial charge is 0.349 e. The van der Waals surface area contributed by atoms with Gasteiger partial charge in [-0.15, -0.1) is 0 Å². The molecule has 3 aromatic carbocycles. The van der Waals surface area contributed by atoms with Gasteiger partial charge in [-0.3, -0.25) is 4.79 Å². The molecule has 1 saturated carbocycles. The molecule has 0 aliphatic heterocycles. The summed E-state index contributed by atoms with van der Waals surface area (Å²) < 4.78 is 157. The maximum absolute atomic E-state index is 14.3. The van der Waals surface area contributed by atoms with Crippen molar-refractivity contribution in [2.75, 3.05) is 14.1 Å². The average molecular weight is 640 g/mol. The Bertz CT molecular complexity index is 1590. The number of sulfone groups is 1. The second-order valence-electron chi connectivity index (χ2n) is 10.1. The van der Waals surface area contributed by atoms with Gasteiger partial charge in [0, 0.05) is 25.2 Å². The molecule has 0 bridgehead atoms. The predicted octanol–water partition coefficient (Wildman–Crippen LogP) is 6.42. The molecule has 0 N–H and O–H groups in total. The summed E-state index contributed by atoms with van der Waals surface area (Å²) in [7, 11) is -1.90. The van der Waals surface area contributed by atoms with E-state index in [-0.39, 0.29) is 12.0 Å². The van der Waals surface area contributed by atoms with Crippen LogP contribution in [0, 0.1) is 23.4 Å². The number of halogens is 9. The molecule has 4 rings (SSSR count). The van der Waals surface area contributed by atoms with Gasteiger partial charge in [0.05, 0.1) is 17.4 Å². The molecule has 1 aliphatic rings. The summed E-state index contributed by atoms with van der Waals surface area (Å²) in [6, 6.07) is 7.69. The Morgan fingerprint density at radius 3 is 1.84 bits per heavy atom. The monoisotopic (exact) mass is 639 g/mol. The van der Waals surface area contributed by atoms with Crippen molar-refractivity contribution < 1.29 is 57.5 Å². The molecule has 2 unspecified atom stereocenters. The van der Waals surface area contributed by atoms with Gasteiger partial charge < -0.3 is 9.64 Å². The molecular weight excluding hydrogens is 617 g/mol. The Labute approximate surface area is 239 Å². The van der Waals surface area contributed by atoms with Crippen LogP contribution >= 0.6 is 0 Å². The number of amides is 1. The first-order chi connectivity index (χ1) is 19.8. The molecule has 0 radical (unpaired) electrons. The SMILES string of the molecule is CN(C)C(=O)C1CC1(c1ccc(C(OCc2c(F)cccc2F)(C(F)(F)F)C(F)(F)F)cc1)S(=O)(=O)c1ccc(F)cc1. The van der Waals surface area contributed by atoms with Crippen LogP contribution in [0.25, 0.3) is 0 Å². The Morgan fingerprint density at radius 1 is 0.860 bits per heavy atom. The molecular formula is C28H22F9NO4S. The lowest BCUT2D eigenvalue weighted by Crippen LogP contribution is -2.56. The van der Waals surface area contributed by atoms with Gasteiger partial charge in [0.25, 0.3) is 5.60 Å². The first kappa shape index (κ1) is 32.3. The van der Waals surface area contributed by atoms with E-state index in [9.17, 15) is 52.7 Å². The minimum atomic E-state index is -6.21. The zero-order valence-electron chi connectivity index (χ0n) is 22.2. The third-order valence-corrected chi connectivity index (χ3v) is 9.86. The van der Waals surface area contributed by atoms with E-state index in [0.717, 1.165) is 35.2 Å². The van der Waals surface area contributed by atoms with Crippen LogP contribution in [-0.4, -0.2) is 45.7 Å². The Balaban J connectivity index is 1.85. The highest BCUT2D eigenvalue weighted by atomic mass is 32.2. The molecule has 3 aromatic rings. The van der Waals surface area contributed by atoms with Crippen molar-refractivity contribution in [1.82, 2.24) is 4.90 Å². The number of benzene rings is 3. The molecule has 0 saturated heterocycles. The molecule has 232 valence electrons. The normalized spacial score (nSPS) is 19.3. The van der Waals surface area contributed by atoms with E-state index in [0.29, 0.717) is 36.4 Å². The molecule has 0 heterocycles. The largest absolute Gasteiger partial charge is 0.430 e. The lowest BCUT2D eigenvalue weighted by Gasteiger charge is -2.37. The van der Waals surface area contributed by atoms with Gasteiger partial charge in [-0.1, -0.05) is 30.3 Å². The van der Waals surface area contributed by atoms with Gasteiger partial charge in [0.2, 0.25) is 5.91 Å². The number of nitrogens with zero attached hydrogens (tertiary/aromatic N) is 1. The highest BCUT2D eigenvalue weighted by Crippen LogP contribution is 2.61. The van der Waals surface area contributed by atoms with Crippen LogP contribution in [0.3, 0.4) is 0 Å². The third-order valence-electron chi connectivity index (χ3n) is 7.33. The molecule has 5 nitrogen and oxygen atoms in total. The summed E-state index contributed by atoms with van der Waals surface area (Å²) in [4.78, 5) is 13.5. The van der Waals surface area contributed by atoms with Gasteiger partial charge in [-0.2, -0.15) is 26.3 Å². The van der Waals surface area contributed by atoms with Crippen molar-refractivity contribution >= 4 is 15.7 Å². The van der Waals surface area contributed by atoms with Gasteiger partial charge in [-0.25, -0.2) is 21.6 Å². The first-order valence-corrected chi connectivity index (χ1v) is 13.8.